The first kappa shape index (κ1) is 18.3. The first-order valence-electron chi connectivity index (χ1n) is 8.06. The Kier molecular flexibility index (Phi) is 6.39. The molecular weight excluding hydrogens is 318 g/mol. The molecule has 0 radical (unpaired) electrons. The van der Waals surface area contributed by atoms with Crippen molar-refractivity contribution in [2.45, 2.75) is 20.8 Å². The molecule has 0 saturated carbocycles. The van der Waals surface area contributed by atoms with Crippen LogP contribution in [0.25, 0.3) is 0 Å². The van der Waals surface area contributed by atoms with Gasteiger partial charge in [-0.2, -0.15) is 0 Å². The molecule has 2 rings (SSSR count). The molecule has 0 heterocycles. The first-order chi connectivity index (χ1) is 11.9. The van der Waals surface area contributed by atoms with Crippen LogP contribution in [0, 0.1) is 13.8 Å². The summed E-state index contributed by atoms with van der Waals surface area (Å²) in [6.45, 7) is 6.06. The Morgan fingerprint density at radius 3 is 2.60 bits per heavy atom. The van der Waals surface area contributed by atoms with E-state index < -0.39 is 0 Å². The fourth-order valence-corrected chi connectivity index (χ4v) is 2.24. The van der Waals surface area contributed by atoms with Gasteiger partial charge >= 0.3 is 6.03 Å². The fraction of sp³-hybridized carbons (Fsp3) is 0.263. The molecule has 25 heavy (non-hydrogen) atoms. The molecule has 0 unspecified atom stereocenters. The molecule has 0 spiro atoms. The van der Waals surface area contributed by atoms with E-state index in [2.05, 4.69) is 16.0 Å². The third kappa shape index (κ3) is 6.18. The summed E-state index contributed by atoms with van der Waals surface area (Å²) in [4.78, 5) is 23.0. The van der Waals surface area contributed by atoms with Crippen LogP contribution in [0.4, 0.5) is 16.2 Å². The molecular formula is C19H23N3O3. The zero-order valence-corrected chi connectivity index (χ0v) is 14.7. The van der Waals surface area contributed by atoms with Crippen molar-refractivity contribution >= 4 is 23.3 Å². The number of urea groups is 1. The molecule has 0 aromatic heterocycles. The summed E-state index contributed by atoms with van der Waals surface area (Å²) >= 11 is 0. The summed E-state index contributed by atoms with van der Waals surface area (Å²) in [5.74, 6) is 0.491. The van der Waals surface area contributed by atoms with Gasteiger partial charge in [0.1, 0.15) is 12.4 Å². The molecule has 0 saturated heterocycles. The minimum absolute atomic E-state index is 0.137. The van der Waals surface area contributed by atoms with Crippen molar-refractivity contribution in [3.05, 3.63) is 53.6 Å². The standard InChI is InChI=1S/C19H23N3O3/c1-13-7-8-14(2)18(11-13)22-19(24)20-9-10-25-17-6-4-5-16(12-17)21-15(3)23/h4-8,11-12H,9-10H2,1-3H3,(H,21,23)(H2,20,22,24). The number of aryl methyl sites for hydroxylation is 2. The molecule has 3 amide bonds. The lowest BCUT2D eigenvalue weighted by Gasteiger charge is -2.12. The molecule has 0 aliphatic heterocycles. The normalized spacial score (nSPS) is 10.0. The molecule has 2 aromatic rings. The molecule has 0 bridgehead atoms. The van der Waals surface area contributed by atoms with Crippen molar-refractivity contribution in [3.63, 3.8) is 0 Å². The van der Waals surface area contributed by atoms with Crippen LogP contribution in [-0.2, 0) is 4.79 Å². The van der Waals surface area contributed by atoms with E-state index in [9.17, 15) is 9.59 Å². The van der Waals surface area contributed by atoms with Gasteiger partial charge in [-0.25, -0.2) is 4.79 Å². The lowest BCUT2D eigenvalue weighted by atomic mass is 10.1. The minimum Gasteiger partial charge on any atom is -0.492 e. The van der Waals surface area contributed by atoms with E-state index in [-0.39, 0.29) is 11.9 Å². The summed E-state index contributed by atoms with van der Waals surface area (Å²) in [5, 5.41) is 8.27. The molecule has 6 heteroatoms. The quantitative estimate of drug-likeness (QED) is 0.704. The fourth-order valence-electron chi connectivity index (χ4n) is 2.24. The van der Waals surface area contributed by atoms with Crippen molar-refractivity contribution in [2.75, 3.05) is 23.8 Å². The second-order valence-corrected chi connectivity index (χ2v) is 5.76. The minimum atomic E-state index is -0.274. The van der Waals surface area contributed by atoms with Crippen LogP contribution in [0.3, 0.4) is 0 Å². The topological polar surface area (TPSA) is 79.5 Å². The van der Waals surface area contributed by atoms with Gasteiger partial charge in [0.25, 0.3) is 0 Å². The number of carbonyl (C=O) groups is 2. The highest BCUT2D eigenvalue weighted by molar-refractivity contribution is 5.90. The van der Waals surface area contributed by atoms with Gasteiger partial charge in [0.05, 0.1) is 6.54 Å². The van der Waals surface area contributed by atoms with E-state index >= 15 is 0 Å². The molecule has 2 aromatic carbocycles. The molecule has 0 aliphatic rings. The van der Waals surface area contributed by atoms with Crippen LogP contribution in [0.15, 0.2) is 42.5 Å². The Labute approximate surface area is 147 Å². The van der Waals surface area contributed by atoms with Crippen LogP contribution in [-0.4, -0.2) is 25.1 Å². The van der Waals surface area contributed by atoms with E-state index in [1.165, 1.54) is 6.92 Å². The Bertz CT molecular complexity index is 759. The van der Waals surface area contributed by atoms with Crippen molar-refractivity contribution in [2.24, 2.45) is 0 Å². The molecule has 0 atom stereocenters. The van der Waals surface area contributed by atoms with Crippen molar-refractivity contribution in [1.82, 2.24) is 5.32 Å². The van der Waals surface area contributed by atoms with Gasteiger partial charge in [0.2, 0.25) is 5.91 Å². The van der Waals surface area contributed by atoms with E-state index in [4.69, 9.17) is 4.74 Å². The summed E-state index contributed by atoms with van der Waals surface area (Å²) in [7, 11) is 0. The Morgan fingerprint density at radius 1 is 1.04 bits per heavy atom. The van der Waals surface area contributed by atoms with Crippen LogP contribution in [0.5, 0.6) is 5.75 Å². The van der Waals surface area contributed by atoms with Gasteiger partial charge in [-0.15, -0.1) is 0 Å². The number of rotatable bonds is 6. The number of carbonyl (C=O) groups excluding carboxylic acids is 2. The monoisotopic (exact) mass is 341 g/mol. The maximum absolute atomic E-state index is 11.9. The van der Waals surface area contributed by atoms with Crippen LogP contribution in [0.1, 0.15) is 18.1 Å². The summed E-state index contributed by atoms with van der Waals surface area (Å²) < 4.78 is 5.58. The van der Waals surface area contributed by atoms with Gasteiger partial charge < -0.3 is 20.7 Å². The SMILES string of the molecule is CC(=O)Nc1cccc(OCCNC(=O)Nc2cc(C)ccc2C)c1. The van der Waals surface area contributed by atoms with Crippen LogP contribution in [0.2, 0.25) is 0 Å². The molecule has 132 valence electrons. The molecule has 6 nitrogen and oxygen atoms in total. The summed E-state index contributed by atoms with van der Waals surface area (Å²) in [5.41, 5.74) is 3.56. The smallest absolute Gasteiger partial charge is 0.319 e. The van der Waals surface area contributed by atoms with Crippen molar-refractivity contribution < 1.29 is 14.3 Å². The van der Waals surface area contributed by atoms with E-state index in [0.29, 0.717) is 24.6 Å². The zero-order chi connectivity index (χ0) is 18.2. The van der Waals surface area contributed by atoms with E-state index in [0.717, 1.165) is 16.8 Å². The lowest BCUT2D eigenvalue weighted by molar-refractivity contribution is -0.114. The first-order valence-corrected chi connectivity index (χ1v) is 8.06. The third-order valence-corrected chi connectivity index (χ3v) is 3.45. The average molecular weight is 341 g/mol. The van der Waals surface area contributed by atoms with E-state index in [1.807, 2.05) is 32.0 Å². The van der Waals surface area contributed by atoms with Gasteiger partial charge in [-0.1, -0.05) is 18.2 Å². The van der Waals surface area contributed by atoms with Gasteiger partial charge in [0, 0.05) is 24.4 Å². The van der Waals surface area contributed by atoms with Crippen LogP contribution < -0.4 is 20.7 Å². The molecule has 0 aliphatic carbocycles. The second-order valence-electron chi connectivity index (χ2n) is 5.76. The summed E-state index contributed by atoms with van der Waals surface area (Å²) in [6.07, 6.45) is 0. The van der Waals surface area contributed by atoms with E-state index in [1.54, 1.807) is 24.3 Å². The largest absolute Gasteiger partial charge is 0.492 e. The third-order valence-electron chi connectivity index (χ3n) is 3.45. The summed E-state index contributed by atoms with van der Waals surface area (Å²) in [6, 6.07) is 12.7. The maximum Gasteiger partial charge on any atom is 0.319 e. The number of amides is 3. The number of nitrogens with one attached hydrogen (secondary N) is 3. The number of anilines is 2. The Balaban J connectivity index is 1.76. The highest BCUT2D eigenvalue weighted by Gasteiger charge is 2.04. The Hall–Kier alpha value is -3.02. The maximum atomic E-state index is 11.9. The zero-order valence-electron chi connectivity index (χ0n) is 14.7. The van der Waals surface area contributed by atoms with Gasteiger partial charge in [0.15, 0.2) is 0 Å². The number of hydrogen-bond donors (Lipinski definition) is 3. The number of ether oxygens (including phenoxy) is 1. The predicted molar refractivity (Wildman–Crippen MR) is 99.2 cm³/mol. The molecule has 3 N–H and O–H groups in total. The van der Waals surface area contributed by atoms with Gasteiger partial charge in [-0.3, -0.25) is 4.79 Å². The van der Waals surface area contributed by atoms with Crippen molar-refractivity contribution in [1.29, 1.82) is 0 Å². The predicted octanol–water partition coefficient (Wildman–Crippen LogP) is 3.46. The second kappa shape index (κ2) is 8.73. The average Bonchev–Trinajstić information content (AvgIpc) is 2.55. The van der Waals surface area contributed by atoms with Crippen LogP contribution >= 0.6 is 0 Å². The number of benzene rings is 2. The van der Waals surface area contributed by atoms with Crippen molar-refractivity contribution in [3.8, 4) is 5.75 Å². The highest BCUT2D eigenvalue weighted by atomic mass is 16.5. The highest BCUT2D eigenvalue weighted by Crippen LogP contribution is 2.17. The molecule has 0 fully saturated rings. The number of hydrogen-bond acceptors (Lipinski definition) is 3. The Morgan fingerprint density at radius 2 is 1.84 bits per heavy atom. The lowest BCUT2D eigenvalue weighted by Crippen LogP contribution is -2.32. The van der Waals surface area contributed by atoms with Gasteiger partial charge in [-0.05, 0) is 43.2 Å².